The third-order valence-corrected chi connectivity index (χ3v) is 5.28. The van der Waals surface area contributed by atoms with Gasteiger partial charge in [0.05, 0.1) is 12.6 Å². The van der Waals surface area contributed by atoms with Crippen LogP contribution in [0.3, 0.4) is 0 Å². The molecule has 2 aliphatic carbocycles. The molecule has 1 amide bonds. The molecule has 2 aliphatic rings. The second-order valence-corrected chi connectivity index (χ2v) is 7.79. The van der Waals surface area contributed by atoms with Crippen molar-refractivity contribution in [2.45, 2.75) is 71.9 Å². The molecule has 0 radical (unpaired) electrons. The van der Waals surface area contributed by atoms with Crippen molar-refractivity contribution in [1.82, 2.24) is 16.0 Å². The zero-order chi connectivity index (χ0) is 18.3. The van der Waals surface area contributed by atoms with Crippen LogP contribution in [0.2, 0.25) is 0 Å². The largest absolute Gasteiger partial charge is 0.378 e. The number of unbranched alkanes of at least 4 members (excludes halogenated alkanes) is 1. The van der Waals surface area contributed by atoms with E-state index in [2.05, 4.69) is 48.6 Å². The molecule has 0 bridgehead atoms. The minimum atomic E-state index is 0. The summed E-state index contributed by atoms with van der Waals surface area (Å²) in [6, 6.07) is 0.359. The van der Waals surface area contributed by atoms with E-state index in [0.717, 1.165) is 44.8 Å². The van der Waals surface area contributed by atoms with Crippen LogP contribution in [0.4, 0.5) is 0 Å². The first-order valence-corrected chi connectivity index (χ1v) is 9.93. The van der Waals surface area contributed by atoms with Gasteiger partial charge in [0.2, 0.25) is 5.91 Å². The number of hydrogen-bond acceptors (Lipinski definition) is 3. The first kappa shape index (κ1) is 23.5. The number of rotatable bonds is 10. The normalized spacial score (nSPS) is 24.2. The Morgan fingerprint density at radius 3 is 2.54 bits per heavy atom. The Balaban J connectivity index is 0.00000338. The van der Waals surface area contributed by atoms with Crippen LogP contribution in [0.1, 0.15) is 59.8 Å². The van der Waals surface area contributed by atoms with Crippen molar-refractivity contribution >= 4 is 35.8 Å². The second kappa shape index (κ2) is 11.3. The number of nitrogens with zero attached hydrogens (tertiary/aromatic N) is 1. The van der Waals surface area contributed by atoms with Crippen LogP contribution in [0.5, 0.6) is 0 Å². The lowest BCUT2D eigenvalue weighted by molar-refractivity contribution is -0.122. The summed E-state index contributed by atoms with van der Waals surface area (Å²) in [4.78, 5) is 16.2. The Kier molecular flexibility index (Phi) is 10.2. The number of guanidine groups is 1. The second-order valence-electron chi connectivity index (χ2n) is 7.79. The Hall–Kier alpha value is -0.570. The highest BCUT2D eigenvalue weighted by atomic mass is 127. The van der Waals surface area contributed by atoms with E-state index in [1.54, 1.807) is 0 Å². The first-order valence-electron chi connectivity index (χ1n) is 9.93. The van der Waals surface area contributed by atoms with E-state index in [-0.39, 0.29) is 41.2 Å². The molecule has 0 aliphatic heterocycles. The number of nitrogens with one attached hydrogen (secondary N) is 3. The van der Waals surface area contributed by atoms with Gasteiger partial charge in [-0.05, 0) is 32.6 Å². The molecule has 2 saturated carbocycles. The molecule has 0 aromatic heterocycles. The van der Waals surface area contributed by atoms with E-state index < -0.39 is 0 Å². The molecule has 0 aromatic rings. The molecule has 0 aromatic carbocycles. The van der Waals surface area contributed by atoms with Gasteiger partial charge in [-0.1, -0.05) is 27.2 Å². The Morgan fingerprint density at radius 1 is 1.23 bits per heavy atom. The van der Waals surface area contributed by atoms with Crippen LogP contribution in [0.15, 0.2) is 4.99 Å². The molecule has 26 heavy (non-hydrogen) atoms. The molecule has 2 unspecified atom stereocenters. The molecular weight excluding hydrogens is 443 g/mol. The number of halogens is 1. The van der Waals surface area contributed by atoms with Crippen molar-refractivity contribution in [2.75, 3.05) is 26.2 Å². The highest BCUT2D eigenvalue weighted by Gasteiger charge is 2.49. The van der Waals surface area contributed by atoms with Gasteiger partial charge in [0, 0.05) is 37.1 Å². The zero-order valence-corrected chi connectivity index (χ0v) is 19.1. The summed E-state index contributed by atoms with van der Waals surface area (Å²) in [5, 5.41) is 9.78. The summed E-state index contributed by atoms with van der Waals surface area (Å²) in [6.07, 6.45) is 5.71. The lowest BCUT2D eigenvalue weighted by Crippen LogP contribution is -2.63. The molecule has 0 saturated heterocycles. The van der Waals surface area contributed by atoms with Crippen LogP contribution in [0.25, 0.3) is 0 Å². The van der Waals surface area contributed by atoms with Crippen molar-refractivity contribution < 1.29 is 9.53 Å². The van der Waals surface area contributed by atoms with Gasteiger partial charge in [-0.15, -0.1) is 24.0 Å². The Morgan fingerprint density at radius 2 is 1.96 bits per heavy atom. The maximum absolute atomic E-state index is 11.6. The number of aliphatic imine (C=N–C) groups is 1. The van der Waals surface area contributed by atoms with Gasteiger partial charge >= 0.3 is 0 Å². The van der Waals surface area contributed by atoms with E-state index in [9.17, 15) is 4.79 Å². The predicted molar refractivity (Wildman–Crippen MR) is 117 cm³/mol. The van der Waals surface area contributed by atoms with Crippen molar-refractivity contribution in [1.29, 1.82) is 0 Å². The van der Waals surface area contributed by atoms with Gasteiger partial charge < -0.3 is 20.7 Å². The minimum absolute atomic E-state index is 0. The molecular formula is C19H37IN4O2. The number of ether oxygens (including phenoxy) is 1. The highest BCUT2D eigenvalue weighted by Crippen LogP contribution is 2.42. The molecule has 2 atom stereocenters. The van der Waals surface area contributed by atoms with Crippen molar-refractivity contribution in [3.8, 4) is 0 Å². The zero-order valence-electron chi connectivity index (χ0n) is 16.8. The molecule has 2 rings (SSSR count). The summed E-state index contributed by atoms with van der Waals surface area (Å²) in [6.45, 7) is 11.6. The lowest BCUT2D eigenvalue weighted by Gasteiger charge is -2.52. The Labute approximate surface area is 175 Å². The maximum Gasteiger partial charge on any atom is 0.223 e. The SMILES string of the molecule is CCCCOC1CC(NC(=NCCNC(=O)C2CC2)NCC)C1(C)C.I. The van der Waals surface area contributed by atoms with E-state index >= 15 is 0 Å². The van der Waals surface area contributed by atoms with Gasteiger partial charge in [0.25, 0.3) is 0 Å². The fourth-order valence-corrected chi connectivity index (χ4v) is 3.10. The first-order chi connectivity index (χ1) is 12.0. The van der Waals surface area contributed by atoms with Gasteiger partial charge in [-0.2, -0.15) is 0 Å². The third-order valence-electron chi connectivity index (χ3n) is 5.28. The predicted octanol–water partition coefficient (Wildman–Crippen LogP) is 2.67. The quantitative estimate of drug-likeness (QED) is 0.195. The molecule has 3 N–H and O–H groups in total. The van der Waals surface area contributed by atoms with Crippen LogP contribution in [0, 0.1) is 11.3 Å². The average molecular weight is 480 g/mol. The maximum atomic E-state index is 11.6. The van der Waals surface area contributed by atoms with Gasteiger partial charge in [-0.25, -0.2) is 0 Å². The number of amides is 1. The number of carbonyl (C=O) groups excluding carboxylic acids is 1. The third kappa shape index (κ3) is 6.87. The van der Waals surface area contributed by atoms with E-state index in [4.69, 9.17) is 4.74 Å². The van der Waals surface area contributed by atoms with E-state index in [0.29, 0.717) is 25.2 Å². The highest BCUT2D eigenvalue weighted by molar-refractivity contribution is 14.0. The lowest BCUT2D eigenvalue weighted by atomic mass is 9.64. The minimum Gasteiger partial charge on any atom is -0.378 e. The molecule has 0 heterocycles. The van der Waals surface area contributed by atoms with Crippen molar-refractivity contribution in [3.63, 3.8) is 0 Å². The van der Waals surface area contributed by atoms with Crippen LogP contribution in [-0.4, -0.2) is 50.3 Å². The summed E-state index contributed by atoms with van der Waals surface area (Å²) >= 11 is 0. The fraction of sp³-hybridized carbons (Fsp3) is 0.895. The van der Waals surface area contributed by atoms with Crippen molar-refractivity contribution in [2.24, 2.45) is 16.3 Å². The monoisotopic (exact) mass is 480 g/mol. The summed E-state index contributed by atoms with van der Waals surface area (Å²) in [5.41, 5.74) is 0.101. The van der Waals surface area contributed by atoms with Crippen LogP contribution in [-0.2, 0) is 9.53 Å². The molecule has 0 spiro atoms. The smallest absolute Gasteiger partial charge is 0.223 e. The number of carbonyl (C=O) groups is 1. The molecule has 7 heteroatoms. The summed E-state index contributed by atoms with van der Waals surface area (Å²) < 4.78 is 6.01. The van der Waals surface area contributed by atoms with Crippen LogP contribution >= 0.6 is 24.0 Å². The van der Waals surface area contributed by atoms with Gasteiger partial charge in [-0.3, -0.25) is 9.79 Å². The average Bonchev–Trinajstić information content (AvgIpc) is 3.41. The van der Waals surface area contributed by atoms with Gasteiger partial charge in [0.15, 0.2) is 5.96 Å². The standard InChI is InChI=1S/C19H36N4O2.HI/c1-5-7-12-25-16-13-15(19(16,3)4)23-18(20-6-2)22-11-10-21-17(24)14-8-9-14;/h14-16H,5-13H2,1-4H3,(H,21,24)(H2,20,22,23);1H. The van der Waals surface area contributed by atoms with Crippen molar-refractivity contribution in [3.05, 3.63) is 0 Å². The number of hydrogen-bond donors (Lipinski definition) is 3. The van der Waals surface area contributed by atoms with Gasteiger partial charge in [0.1, 0.15) is 0 Å². The topological polar surface area (TPSA) is 74.8 Å². The summed E-state index contributed by atoms with van der Waals surface area (Å²) in [7, 11) is 0. The van der Waals surface area contributed by atoms with E-state index in [1.807, 2.05) is 0 Å². The Bertz CT molecular complexity index is 466. The molecule has 6 nitrogen and oxygen atoms in total. The molecule has 152 valence electrons. The molecule has 2 fully saturated rings. The van der Waals surface area contributed by atoms with E-state index in [1.165, 1.54) is 6.42 Å². The summed E-state index contributed by atoms with van der Waals surface area (Å²) in [5.74, 6) is 1.27. The fourth-order valence-electron chi connectivity index (χ4n) is 3.10. The van der Waals surface area contributed by atoms with Crippen LogP contribution < -0.4 is 16.0 Å².